The van der Waals surface area contributed by atoms with E-state index >= 15 is 0 Å². The summed E-state index contributed by atoms with van der Waals surface area (Å²) in [5, 5.41) is 27.5. The summed E-state index contributed by atoms with van der Waals surface area (Å²) in [5.41, 5.74) is 4.15. The van der Waals surface area contributed by atoms with E-state index in [-0.39, 0.29) is 12.5 Å². The van der Waals surface area contributed by atoms with Gasteiger partial charge in [-0.05, 0) is 61.9 Å². The molecule has 0 radical (unpaired) electrons. The van der Waals surface area contributed by atoms with Gasteiger partial charge < -0.3 is 20.6 Å². The Hall–Kier alpha value is -2.86. The number of pyridine rings is 1. The molecule has 1 fully saturated rings. The predicted octanol–water partition coefficient (Wildman–Crippen LogP) is 4.29. The molecular formula is C28H37N5O2S. The van der Waals surface area contributed by atoms with Crippen molar-refractivity contribution in [3.8, 4) is 6.07 Å². The third-order valence-corrected chi connectivity index (χ3v) is 7.11. The predicted molar refractivity (Wildman–Crippen MR) is 147 cm³/mol. The number of benzene rings is 1. The van der Waals surface area contributed by atoms with Crippen molar-refractivity contribution in [2.45, 2.75) is 64.3 Å². The van der Waals surface area contributed by atoms with Gasteiger partial charge in [-0.3, -0.25) is 4.79 Å². The smallest absolute Gasteiger partial charge is 0.247 e. The summed E-state index contributed by atoms with van der Waals surface area (Å²) in [5.74, 6) is 1.67. The first-order valence-corrected chi connectivity index (χ1v) is 13.5. The Kier molecular flexibility index (Phi) is 9.94. The van der Waals surface area contributed by atoms with Crippen LogP contribution in [0.1, 0.15) is 49.9 Å². The largest absolute Gasteiger partial charge is 0.392 e. The molecule has 1 aliphatic heterocycles. The average Bonchev–Trinajstić information content (AvgIpc) is 2.83. The van der Waals surface area contributed by atoms with Gasteiger partial charge in [0.25, 0.3) is 0 Å². The van der Waals surface area contributed by atoms with Crippen LogP contribution in [0.5, 0.6) is 0 Å². The Morgan fingerprint density at radius 2 is 1.97 bits per heavy atom. The van der Waals surface area contributed by atoms with E-state index in [4.69, 9.17) is 4.98 Å². The summed E-state index contributed by atoms with van der Waals surface area (Å²) >= 11 is 1.58. The van der Waals surface area contributed by atoms with Gasteiger partial charge in [-0.2, -0.15) is 5.26 Å². The Morgan fingerprint density at radius 3 is 2.53 bits per heavy atom. The summed E-state index contributed by atoms with van der Waals surface area (Å²) in [7, 11) is 0. The molecule has 0 spiro atoms. The Labute approximate surface area is 219 Å². The molecule has 2 aromatic rings. The number of nitrogens with one attached hydrogen (secondary N) is 2. The number of aliphatic hydroxyl groups is 1. The molecule has 3 rings (SSSR count). The van der Waals surface area contributed by atoms with E-state index in [1.165, 1.54) is 6.08 Å². The van der Waals surface area contributed by atoms with Crippen LogP contribution in [0.25, 0.3) is 0 Å². The Morgan fingerprint density at radius 1 is 1.31 bits per heavy atom. The van der Waals surface area contributed by atoms with Gasteiger partial charge in [-0.25, -0.2) is 4.98 Å². The lowest BCUT2D eigenvalue weighted by Crippen LogP contribution is -2.54. The maximum Gasteiger partial charge on any atom is 0.247 e. The van der Waals surface area contributed by atoms with Crippen molar-refractivity contribution in [1.82, 2.24) is 10.3 Å². The first-order chi connectivity index (χ1) is 17.2. The molecule has 2 heterocycles. The quantitative estimate of drug-likeness (QED) is 0.326. The van der Waals surface area contributed by atoms with Gasteiger partial charge in [0.2, 0.25) is 5.91 Å². The first kappa shape index (κ1) is 27.7. The Bertz CT molecular complexity index is 1100. The molecule has 0 saturated carbocycles. The summed E-state index contributed by atoms with van der Waals surface area (Å²) in [6, 6.07) is 10.8. The third-order valence-electron chi connectivity index (χ3n) is 6.13. The second-order valence-corrected chi connectivity index (χ2v) is 10.9. The fourth-order valence-electron chi connectivity index (χ4n) is 4.63. The zero-order valence-electron chi connectivity index (χ0n) is 21.7. The number of aromatic nitrogens is 1. The first-order valence-electron chi connectivity index (χ1n) is 12.5. The van der Waals surface area contributed by atoms with Crippen LogP contribution in [0.2, 0.25) is 0 Å². The number of anilines is 2. The highest BCUT2D eigenvalue weighted by Crippen LogP contribution is 2.34. The molecule has 2 atom stereocenters. The molecule has 1 saturated heterocycles. The van der Waals surface area contributed by atoms with E-state index in [1.54, 1.807) is 11.8 Å². The lowest BCUT2D eigenvalue weighted by Gasteiger charge is -2.38. The van der Waals surface area contributed by atoms with Crippen LogP contribution in [-0.4, -0.2) is 46.9 Å². The number of aryl methyl sites for hydroxylation is 1. The zero-order chi connectivity index (χ0) is 26.2. The number of amides is 1. The summed E-state index contributed by atoms with van der Waals surface area (Å²) in [6.45, 7) is 13.5. The summed E-state index contributed by atoms with van der Waals surface area (Å²) in [4.78, 5) is 18.7. The molecule has 1 aromatic carbocycles. The maximum atomic E-state index is 11.5. The van der Waals surface area contributed by atoms with E-state index in [0.29, 0.717) is 23.6 Å². The number of hydrogen-bond acceptors (Lipinski definition) is 7. The van der Waals surface area contributed by atoms with Gasteiger partial charge >= 0.3 is 0 Å². The second kappa shape index (κ2) is 12.9. The topological polar surface area (TPSA) is 101 Å². The van der Waals surface area contributed by atoms with Crippen LogP contribution in [-0.2, 0) is 24.2 Å². The van der Waals surface area contributed by atoms with Crippen molar-refractivity contribution in [2.75, 3.05) is 29.1 Å². The molecule has 1 amide bonds. The number of nitriles is 1. The van der Waals surface area contributed by atoms with Crippen molar-refractivity contribution in [2.24, 2.45) is 5.92 Å². The molecule has 7 nitrogen and oxygen atoms in total. The van der Waals surface area contributed by atoms with Crippen LogP contribution >= 0.6 is 11.8 Å². The van der Waals surface area contributed by atoms with E-state index < -0.39 is 0 Å². The molecule has 3 N–H and O–H groups in total. The van der Waals surface area contributed by atoms with Gasteiger partial charge in [-0.15, -0.1) is 11.8 Å². The van der Waals surface area contributed by atoms with E-state index in [1.807, 2.05) is 24.3 Å². The minimum absolute atomic E-state index is 0.133. The summed E-state index contributed by atoms with van der Waals surface area (Å²) < 4.78 is 0. The molecule has 2 unspecified atom stereocenters. The highest BCUT2D eigenvalue weighted by atomic mass is 32.2. The second-order valence-electron chi connectivity index (χ2n) is 9.80. The lowest BCUT2D eigenvalue weighted by atomic mass is 9.94. The fraction of sp³-hybridized carbons (Fsp3) is 0.464. The summed E-state index contributed by atoms with van der Waals surface area (Å²) in [6.07, 6.45) is 2.76. The van der Waals surface area contributed by atoms with Crippen LogP contribution in [0, 0.1) is 17.2 Å². The lowest BCUT2D eigenvalue weighted by molar-refractivity contribution is -0.111. The Balaban J connectivity index is 1.87. The number of aliphatic hydroxyl groups excluding tert-OH is 1. The molecular weight excluding hydrogens is 470 g/mol. The normalized spacial score (nSPS) is 17.6. The minimum Gasteiger partial charge on any atom is -0.392 e. The highest BCUT2D eigenvalue weighted by molar-refractivity contribution is 7.99. The number of carbonyl (C=O) groups is 1. The zero-order valence-corrected chi connectivity index (χ0v) is 22.5. The van der Waals surface area contributed by atoms with Crippen molar-refractivity contribution in [1.29, 1.82) is 5.26 Å². The van der Waals surface area contributed by atoms with Crippen molar-refractivity contribution >= 4 is 29.2 Å². The number of nitrogens with zero attached hydrogens (tertiary/aromatic N) is 3. The van der Waals surface area contributed by atoms with Crippen LogP contribution in [0.4, 0.5) is 11.5 Å². The molecule has 8 heteroatoms. The van der Waals surface area contributed by atoms with Gasteiger partial charge in [0.15, 0.2) is 0 Å². The van der Waals surface area contributed by atoms with Crippen LogP contribution < -0.4 is 15.5 Å². The maximum absolute atomic E-state index is 11.5. The van der Waals surface area contributed by atoms with Gasteiger partial charge in [0, 0.05) is 42.2 Å². The number of piperazine rings is 1. The van der Waals surface area contributed by atoms with Gasteiger partial charge in [-0.1, -0.05) is 32.6 Å². The van der Waals surface area contributed by atoms with Crippen molar-refractivity contribution < 1.29 is 9.90 Å². The van der Waals surface area contributed by atoms with Crippen molar-refractivity contribution in [3.05, 3.63) is 59.2 Å². The van der Waals surface area contributed by atoms with Gasteiger partial charge in [0.1, 0.15) is 16.9 Å². The van der Waals surface area contributed by atoms with Crippen molar-refractivity contribution in [3.63, 3.8) is 0 Å². The van der Waals surface area contributed by atoms with Gasteiger partial charge in [0.05, 0.1) is 12.2 Å². The number of carbonyl (C=O) groups excluding carboxylic acids is 1. The molecule has 192 valence electrons. The highest BCUT2D eigenvalue weighted by Gasteiger charge is 2.28. The van der Waals surface area contributed by atoms with E-state index in [0.717, 1.165) is 64.9 Å². The van der Waals surface area contributed by atoms with Crippen LogP contribution in [0.15, 0.2) is 41.9 Å². The minimum atomic E-state index is -0.235. The standard InChI is InChI=1S/C28H37N5O2S/c1-6-26(35)31-22-9-7-21(8-10-22)11-12-36-28-24(14-29)23(13-18(2)3)25(17-34)27(32-28)33-15-19(4)30-20(5)16-33/h6-10,18-20,30,34H,1,11-13,15-17H2,2-5H3,(H,31,35). The van der Waals surface area contributed by atoms with E-state index in [9.17, 15) is 15.2 Å². The molecule has 0 bridgehead atoms. The number of rotatable bonds is 10. The monoisotopic (exact) mass is 507 g/mol. The molecule has 0 aliphatic carbocycles. The average molecular weight is 508 g/mol. The number of thioether (sulfide) groups is 1. The molecule has 36 heavy (non-hydrogen) atoms. The molecule has 1 aromatic heterocycles. The SMILES string of the molecule is C=CC(=O)Nc1ccc(CCSc2nc(N3CC(C)NC(C)C3)c(CO)c(CC(C)C)c2C#N)cc1. The van der Waals surface area contributed by atoms with E-state index in [2.05, 4.69) is 55.9 Å². The number of hydrogen-bond donors (Lipinski definition) is 3. The van der Waals surface area contributed by atoms with Crippen LogP contribution in [0.3, 0.4) is 0 Å². The third kappa shape index (κ3) is 7.10. The molecule has 1 aliphatic rings. The fourth-order valence-corrected chi connectivity index (χ4v) is 5.62.